The number of hydrogen-bond donors (Lipinski definition) is 2. The van der Waals surface area contributed by atoms with Gasteiger partial charge in [0.2, 0.25) is 5.95 Å². The quantitative estimate of drug-likeness (QED) is 0.467. The summed E-state index contributed by atoms with van der Waals surface area (Å²) in [5, 5.41) is 5.74. The molecular weight excluding hydrogens is 377 g/mol. The third-order valence-electron chi connectivity index (χ3n) is 4.40. The van der Waals surface area contributed by atoms with Crippen LogP contribution in [0.1, 0.15) is 36.5 Å². The van der Waals surface area contributed by atoms with Gasteiger partial charge < -0.3 is 10.6 Å². The fourth-order valence-electron chi connectivity index (χ4n) is 2.87. The molecule has 29 heavy (non-hydrogen) atoms. The molecule has 2 aromatic carbocycles. The first kappa shape index (κ1) is 20.6. The van der Waals surface area contributed by atoms with E-state index >= 15 is 0 Å². The normalized spacial score (nSPS) is 11.3. The van der Waals surface area contributed by atoms with Gasteiger partial charge in [0.05, 0.1) is 0 Å². The predicted molar refractivity (Wildman–Crippen MR) is 110 cm³/mol. The smallest absolute Gasteiger partial charge is 0.340 e. The molecule has 0 bridgehead atoms. The molecule has 1 heterocycles. The molecule has 2 N–H and O–H groups in total. The van der Waals surface area contributed by atoms with Gasteiger partial charge in [0, 0.05) is 17.6 Å². The van der Waals surface area contributed by atoms with Gasteiger partial charge in [-0.2, -0.15) is 18.2 Å². The first-order valence-electron chi connectivity index (χ1n) is 9.49. The molecule has 3 rings (SSSR count). The minimum absolute atomic E-state index is 0.0886. The molecule has 3 aromatic rings. The minimum Gasteiger partial charge on any atom is -0.340 e. The average molecular weight is 400 g/mol. The van der Waals surface area contributed by atoms with Crippen molar-refractivity contribution in [3.8, 4) is 0 Å². The molecule has 0 amide bonds. The van der Waals surface area contributed by atoms with Crippen molar-refractivity contribution < 1.29 is 13.2 Å². The Balaban J connectivity index is 1.86. The van der Waals surface area contributed by atoms with Gasteiger partial charge in [-0.05, 0) is 55.2 Å². The molecule has 0 saturated carbocycles. The van der Waals surface area contributed by atoms with Crippen LogP contribution in [0.2, 0.25) is 0 Å². The van der Waals surface area contributed by atoms with Crippen LogP contribution in [0.25, 0.3) is 0 Å². The van der Waals surface area contributed by atoms with Gasteiger partial charge in [-0.25, -0.2) is 4.98 Å². The molecule has 7 heteroatoms. The van der Waals surface area contributed by atoms with Gasteiger partial charge in [-0.3, -0.25) is 0 Å². The van der Waals surface area contributed by atoms with Crippen LogP contribution in [-0.2, 0) is 12.6 Å². The van der Waals surface area contributed by atoms with E-state index in [2.05, 4.69) is 27.5 Å². The predicted octanol–water partition coefficient (Wildman–Crippen LogP) is 6.63. The Kier molecular flexibility index (Phi) is 6.36. The molecule has 0 spiro atoms. The molecule has 0 aliphatic rings. The maximum absolute atomic E-state index is 13.4. The monoisotopic (exact) mass is 400 g/mol. The van der Waals surface area contributed by atoms with E-state index < -0.39 is 11.7 Å². The Morgan fingerprint density at radius 3 is 2.38 bits per heavy atom. The highest BCUT2D eigenvalue weighted by atomic mass is 19.4. The van der Waals surface area contributed by atoms with Crippen molar-refractivity contribution in [2.24, 2.45) is 0 Å². The fourth-order valence-corrected chi connectivity index (χ4v) is 2.87. The second kappa shape index (κ2) is 8.94. The third kappa shape index (κ3) is 5.70. The van der Waals surface area contributed by atoms with Crippen LogP contribution in [0.15, 0.2) is 54.7 Å². The van der Waals surface area contributed by atoms with E-state index in [9.17, 15) is 13.2 Å². The number of nitrogens with zero attached hydrogens (tertiary/aromatic N) is 2. The van der Waals surface area contributed by atoms with Crippen molar-refractivity contribution >= 4 is 23.1 Å². The summed E-state index contributed by atoms with van der Waals surface area (Å²) in [7, 11) is 0. The zero-order valence-electron chi connectivity index (χ0n) is 16.3. The molecular formula is C22H23F3N4. The second-order valence-electron chi connectivity index (χ2n) is 6.87. The van der Waals surface area contributed by atoms with Crippen LogP contribution in [0.3, 0.4) is 0 Å². The van der Waals surface area contributed by atoms with Crippen molar-refractivity contribution in [3.63, 3.8) is 0 Å². The van der Waals surface area contributed by atoms with Gasteiger partial charge in [0.1, 0.15) is 11.4 Å². The lowest BCUT2D eigenvalue weighted by Gasteiger charge is -2.15. The maximum atomic E-state index is 13.4. The Morgan fingerprint density at radius 1 is 0.966 bits per heavy atom. The molecule has 1 aromatic heterocycles. The van der Waals surface area contributed by atoms with Crippen molar-refractivity contribution in [2.75, 3.05) is 10.6 Å². The molecule has 0 unspecified atom stereocenters. The zero-order valence-corrected chi connectivity index (χ0v) is 16.3. The van der Waals surface area contributed by atoms with E-state index in [1.807, 2.05) is 37.3 Å². The van der Waals surface area contributed by atoms with Crippen LogP contribution in [0.4, 0.5) is 36.3 Å². The highest BCUT2D eigenvalue weighted by molar-refractivity contribution is 5.63. The van der Waals surface area contributed by atoms with Gasteiger partial charge in [0.15, 0.2) is 0 Å². The second-order valence-corrected chi connectivity index (χ2v) is 6.87. The van der Waals surface area contributed by atoms with Crippen molar-refractivity contribution in [1.82, 2.24) is 9.97 Å². The summed E-state index contributed by atoms with van der Waals surface area (Å²) >= 11 is 0. The highest BCUT2D eigenvalue weighted by Crippen LogP contribution is 2.35. The van der Waals surface area contributed by atoms with Crippen molar-refractivity contribution in [2.45, 2.75) is 39.3 Å². The number of anilines is 4. The van der Waals surface area contributed by atoms with E-state index in [4.69, 9.17) is 0 Å². The summed E-state index contributed by atoms with van der Waals surface area (Å²) in [6.07, 6.45) is -0.658. The van der Waals surface area contributed by atoms with Gasteiger partial charge >= 0.3 is 6.18 Å². The topological polar surface area (TPSA) is 49.8 Å². The Labute approximate surface area is 168 Å². The number of unbranched alkanes of at least 4 members (excludes halogenated alkanes) is 1. The average Bonchev–Trinajstić information content (AvgIpc) is 2.67. The van der Waals surface area contributed by atoms with Crippen LogP contribution in [0, 0.1) is 6.92 Å². The van der Waals surface area contributed by atoms with Crippen LogP contribution >= 0.6 is 0 Å². The number of hydrogen-bond acceptors (Lipinski definition) is 4. The van der Waals surface area contributed by atoms with E-state index in [0.717, 1.165) is 36.6 Å². The number of benzene rings is 2. The fraction of sp³-hybridized carbons (Fsp3) is 0.273. The Hall–Kier alpha value is -3.09. The summed E-state index contributed by atoms with van der Waals surface area (Å²) in [6, 6.07) is 14.8. The first-order chi connectivity index (χ1) is 13.8. The van der Waals surface area contributed by atoms with E-state index in [-0.39, 0.29) is 11.8 Å². The van der Waals surface area contributed by atoms with E-state index in [1.165, 1.54) is 0 Å². The molecule has 0 aliphatic heterocycles. The number of rotatable bonds is 7. The number of aryl methyl sites for hydroxylation is 2. The van der Waals surface area contributed by atoms with Crippen molar-refractivity contribution in [3.05, 3.63) is 71.4 Å². The molecule has 0 aliphatic carbocycles. The molecule has 0 fully saturated rings. The lowest BCUT2D eigenvalue weighted by Crippen LogP contribution is -2.12. The standard InChI is InChI=1S/C22H23F3N4/c1-3-4-7-16-9-11-17(12-10-16)27-20-19(22(23,24)25)14-26-21(29-20)28-18-8-5-6-15(2)13-18/h5-6,8-14H,3-4,7H2,1-2H3,(H2,26,27,28,29). The van der Waals surface area contributed by atoms with E-state index in [1.54, 1.807) is 18.2 Å². The van der Waals surface area contributed by atoms with Crippen LogP contribution < -0.4 is 10.6 Å². The third-order valence-corrected chi connectivity index (χ3v) is 4.40. The largest absolute Gasteiger partial charge is 0.421 e. The number of aromatic nitrogens is 2. The molecule has 0 atom stereocenters. The highest BCUT2D eigenvalue weighted by Gasteiger charge is 2.35. The molecule has 0 radical (unpaired) electrons. The zero-order chi connectivity index (χ0) is 20.9. The Morgan fingerprint density at radius 2 is 1.72 bits per heavy atom. The summed E-state index contributed by atoms with van der Waals surface area (Å²) in [5.41, 5.74) is 2.50. The van der Waals surface area contributed by atoms with Crippen molar-refractivity contribution in [1.29, 1.82) is 0 Å². The summed E-state index contributed by atoms with van der Waals surface area (Å²) in [4.78, 5) is 7.92. The van der Waals surface area contributed by atoms with Gasteiger partial charge in [-0.15, -0.1) is 0 Å². The van der Waals surface area contributed by atoms with Gasteiger partial charge in [-0.1, -0.05) is 37.6 Å². The number of alkyl halides is 3. The number of nitrogens with one attached hydrogen (secondary N) is 2. The maximum Gasteiger partial charge on any atom is 0.421 e. The summed E-state index contributed by atoms with van der Waals surface area (Å²) < 4.78 is 40.3. The van der Waals surface area contributed by atoms with E-state index in [0.29, 0.717) is 11.4 Å². The minimum atomic E-state index is -4.56. The number of halogens is 3. The summed E-state index contributed by atoms with van der Waals surface area (Å²) in [5.74, 6) is -0.199. The lowest BCUT2D eigenvalue weighted by molar-refractivity contribution is -0.137. The van der Waals surface area contributed by atoms with Crippen LogP contribution in [0.5, 0.6) is 0 Å². The lowest BCUT2D eigenvalue weighted by atomic mass is 10.1. The first-order valence-corrected chi connectivity index (χ1v) is 9.49. The van der Waals surface area contributed by atoms with Gasteiger partial charge in [0.25, 0.3) is 0 Å². The SMILES string of the molecule is CCCCc1ccc(Nc2nc(Nc3cccc(C)c3)ncc2C(F)(F)F)cc1. The molecule has 152 valence electrons. The summed E-state index contributed by atoms with van der Waals surface area (Å²) in [6.45, 7) is 4.04. The van der Waals surface area contributed by atoms with Crippen LogP contribution in [-0.4, -0.2) is 9.97 Å². The molecule has 4 nitrogen and oxygen atoms in total. The Bertz CT molecular complexity index is 953. The molecule has 0 saturated heterocycles.